The standard InChI is InChI=1S/C17H21FN2O4/c1-3-4-7-24-16(23)20-17(2,15(21)22)9-11-10-19-14-8-12(18)5-6-13(11)14/h5-6,8,10,19H,3-4,7,9H2,1-2H3,(H,20,23)(H,21,22). The van der Waals surface area contributed by atoms with E-state index in [-0.39, 0.29) is 18.8 Å². The molecule has 3 N–H and O–H groups in total. The first-order valence-electron chi connectivity index (χ1n) is 7.79. The highest BCUT2D eigenvalue weighted by Gasteiger charge is 2.36. The third kappa shape index (κ3) is 4.04. The fourth-order valence-electron chi connectivity index (χ4n) is 2.43. The van der Waals surface area contributed by atoms with Gasteiger partial charge in [-0.3, -0.25) is 0 Å². The van der Waals surface area contributed by atoms with Gasteiger partial charge in [-0.2, -0.15) is 0 Å². The Bertz CT molecular complexity index is 743. The predicted molar refractivity (Wildman–Crippen MR) is 87.4 cm³/mol. The normalized spacial score (nSPS) is 13.5. The lowest BCUT2D eigenvalue weighted by Gasteiger charge is -2.25. The van der Waals surface area contributed by atoms with Gasteiger partial charge in [0.25, 0.3) is 0 Å². The molecule has 0 aliphatic heterocycles. The fourth-order valence-corrected chi connectivity index (χ4v) is 2.43. The summed E-state index contributed by atoms with van der Waals surface area (Å²) in [6.45, 7) is 3.62. The molecule has 0 fully saturated rings. The molecule has 0 bridgehead atoms. The number of unbranched alkanes of at least 4 members (excludes halogenated alkanes) is 1. The van der Waals surface area contributed by atoms with Crippen molar-refractivity contribution in [1.29, 1.82) is 0 Å². The Morgan fingerprint density at radius 1 is 1.42 bits per heavy atom. The van der Waals surface area contributed by atoms with Crippen LogP contribution in [0.4, 0.5) is 9.18 Å². The number of fused-ring (bicyclic) bond motifs is 1. The maximum Gasteiger partial charge on any atom is 0.408 e. The highest BCUT2D eigenvalue weighted by atomic mass is 19.1. The molecule has 0 aliphatic carbocycles. The molecule has 0 saturated carbocycles. The number of aromatic nitrogens is 1. The van der Waals surface area contributed by atoms with Gasteiger partial charge in [0.1, 0.15) is 11.4 Å². The third-order valence-corrected chi connectivity index (χ3v) is 3.85. The number of aliphatic carboxylic acids is 1. The van der Waals surface area contributed by atoms with E-state index in [1.54, 1.807) is 12.3 Å². The Hall–Kier alpha value is -2.57. The summed E-state index contributed by atoms with van der Waals surface area (Å²) < 4.78 is 18.2. The van der Waals surface area contributed by atoms with Crippen LogP contribution in [-0.4, -0.2) is 34.3 Å². The van der Waals surface area contributed by atoms with Gasteiger partial charge in [0.05, 0.1) is 6.61 Å². The SMILES string of the molecule is CCCCOC(=O)NC(C)(Cc1c[nH]c2cc(F)ccc12)C(=O)O. The molecular weight excluding hydrogens is 315 g/mol. The van der Waals surface area contributed by atoms with Crippen LogP contribution in [0.1, 0.15) is 32.3 Å². The van der Waals surface area contributed by atoms with Gasteiger partial charge >= 0.3 is 12.1 Å². The second-order valence-electron chi connectivity index (χ2n) is 5.93. The number of rotatable bonds is 7. The van der Waals surface area contributed by atoms with E-state index in [0.717, 1.165) is 6.42 Å². The van der Waals surface area contributed by atoms with Gasteiger partial charge in [-0.05, 0) is 37.1 Å². The van der Waals surface area contributed by atoms with Crippen molar-refractivity contribution in [2.24, 2.45) is 0 Å². The molecule has 24 heavy (non-hydrogen) atoms. The highest BCUT2D eigenvalue weighted by Crippen LogP contribution is 2.24. The molecule has 1 amide bonds. The first-order chi connectivity index (χ1) is 11.4. The molecule has 0 spiro atoms. The summed E-state index contributed by atoms with van der Waals surface area (Å²) in [6.07, 6.45) is 2.48. The Kier molecular flexibility index (Phi) is 5.43. The number of H-pyrrole nitrogens is 1. The molecule has 1 aromatic carbocycles. The number of alkyl carbamates (subject to hydrolysis) is 1. The van der Waals surface area contributed by atoms with E-state index in [0.29, 0.717) is 22.9 Å². The van der Waals surface area contributed by atoms with Crippen molar-refractivity contribution in [3.05, 3.63) is 35.8 Å². The molecule has 0 aliphatic rings. The lowest BCUT2D eigenvalue weighted by atomic mass is 9.93. The van der Waals surface area contributed by atoms with Gasteiger partial charge in [0, 0.05) is 23.5 Å². The highest BCUT2D eigenvalue weighted by molar-refractivity contribution is 5.87. The number of hydrogen-bond donors (Lipinski definition) is 3. The van der Waals surface area contributed by atoms with Crippen LogP contribution in [0.2, 0.25) is 0 Å². The number of ether oxygens (including phenoxy) is 1. The number of carbonyl (C=O) groups excluding carboxylic acids is 1. The van der Waals surface area contributed by atoms with Crippen molar-refractivity contribution in [2.45, 2.75) is 38.6 Å². The van der Waals surface area contributed by atoms with Gasteiger partial charge in [0.15, 0.2) is 0 Å². The minimum absolute atomic E-state index is 0.0385. The average molecular weight is 336 g/mol. The zero-order valence-corrected chi connectivity index (χ0v) is 13.7. The maximum absolute atomic E-state index is 13.2. The van der Waals surface area contributed by atoms with Gasteiger partial charge in [-0.25, -0.2) is 14.0 Å². The molecule has 1 heterocycles. The topological polar surface area (TPSA) is 91.4 Å². The second kappa shape index (κ2) is 7.33. The van der Waals surface area contributed by atoms with Crippen LogP contribution in [0.15, 0.2) is 24.4 Å². The lowest BCUT2D eigenvalue weighted by Crippen LogP contribution is -2.54. The Morgan fingerprint density at radius 3 is 2.83 bits per heavy atom. The zero-order chi connectivity index (χ0) is 17.7. The van der Waals surface area contributed by atoms with E-state index in [2.05, 4.69) is 10.3 Å². The summed E-state index contributed by atoms with van der Waals surface area (Å²) >= 11 is 0. The molecule has 1 aromatic heterocycles. The van der Waals surface area contributed by atoms with Crippen LogP contribution in [-0.2, 0) is 16.0 Å². The Morgan fingerprint density at radius 2 is 2.17 bits per heavy atom. The molecule has 7 heteroatoms. The summed E-state index contributed by atoms with van der Waals surface area (Å²) in [7, 11) is 0. The first kappa shape index (κ1) is 17.8. The van der Waals surface area contributed by atoms with Crippen LogP contribution in [0.3, 0.4) is 0 Å². The van der Waals surface area contributed by atoms with E-state index in [4.69, 9.17) is 4.74 Å². The number of hydrogen-bond acceptors (Lipinski definition) is 3. The van der Waals surface area contributed by atoms with Gasteiger partial charge in [-0.15, -0.1) is 0 Å². The Labute approximate surface area is 139 Å². The fraction of sp³-hybridized carbons (Fsp3) is 0.412. The number of amides is 1. The number of aromatic amines is 1. The summed E-state index contributed by atoms with van der Waals surface area (Å²) in [4.78, 5) is 26.4. The molecule has 1 atom stereocenters. The monoisotopic (exact) mass is 336 g/mol. The van der Waals surface area contributed by atoms with Gasteiger partial charge in [-0.1, -0.05) is 13.3 Å². The largest absolute Gasteiger partial charge is 0.480 e. The van der Waals surface area contributed by atoms with Crippen LogP contribution in [0.25, 0.3) is 10.9 Å². The molecule has 130 valence electrons. The number of carboxylic acid groups (broad SMARTS) is 1. The van der Waals surface area contributed by atoms with Gasteiger partial charge in [0.2, 0.25) is 0 Å². The van der Waals surface area contributed by atoms with Crippen LogP contribution in [0, 0.1) is 5.82 Å². The van der Waals surface area contributed by atoms with Gasteiger partial charge < -0.3 is 20.1 Å². The van der Waals surface area contributed by atoms with E-state index in [9.17, 15) is 19.1 Å². The Balaban J connectivity index is 2.17. The van der Waals surface area contributed by atoms with Crippen molar-refractivity contribution in [2.75, 3.05) is 6.61 Å². The van der Waals surface area contributed by atoms with E-state index in [1.165, 1.54) is 19.1 Å². The summed E-state index contributed by atoms with van der Waals surface area (Å²) in [5, 5.41) is 12.7. The quantitative estimate of drug-likeness (QED) is 0.677. The lowest BCUT2D eigenvalue weighted by molar-refractivity contribution is -0.143. The average Bonchev–Trinajstić information content (AvgIpc) is 2.89. The summed E-state index contributed by atoms with van der Waals surface area (Å²) in [5.74, 6) is -1.55. The van der Waals surface area contributed by atoms with Crippen LogP contribution >= 0.6 is 0 Å². The number of carboxylic acids is 1. The molecule has 1 unspecified atom stereocenters. The molecule has 0 saturated heterocycles. The smallest absolute Gasteiger partial charge is 0.408 e. The van der Waals surface area contributed by atoms with Crippen LogP contribution < -0.4 is 5.32 Å². The second-order valence-corrected chi connectivity index (χ2v) is 5.93. The molecular formula is C17H21FN2O4. The third-order valence-electron chi connectivity index (χ3n) is 3.85. The van der Waals surface area contributed by atoms with Crippen molar-refractivity contribution < 1.29 is 23.8 Å². The molecule has 6 nitrogen and oxygen atoms in total. The summed E-state index contributed by atoms with van der Waals surface area (Å²) in [6, 6.07) is 4.23. The van der Waals surface area contributed by atoms with Crippen molar-refractivity contribution in [3.8, 4) is 0 Å². The predicted octanol–water partition coefficient (Wildman–Crippen LogP) is 3.22. The molecule has 2 rings (SSSR count). The van der Waals surface area contributed by atoms with Crippen molar-refractivity contribution in [1.82, 2.24) is 10.3 Å². The number of nitrogens with one attached hydrogen (secondary N) is 2. The van der Waals surface area contributed by atoms with E-state index >= 15 is 0 Å². The summed E-state index contributed by atoms with van der Waals surface area (Å²) in [5.41, 5.74) is -0.292. The maximum atomic E-state index is 13.2. The van der Waals surface area contributed by atoms with Crippen molar-refractivity contribution in [3.63, 3.8) is 0 Å². The minimum atomic E-state index is -1.53. The number of halogens is 1. The van der Waals surface area contributed by atoms with Crippen molar-refractivity contribution >= 4 is 23.0 Å². The van der Waals surface area contributed by atoms with E-state index < -0.39 is 17.6 Å². The first-order valence-corrected chi connectivity index (χ1v) is 7.79. The van der Waals surface area contributed by atoms with E-state index in [1.807, 2.05) is 6.92 Å². The molecule has 0 radical (unpaired) electrons. The molecule has 2 aromatic rings. The zero-order valence-electron chi connectivity index (χ0n) is 13.7. The minimum Gasteiger partial charge on any atom is -0.480 e. The van der Waals surface area contributed by atoms with Crippen LogP contribution in [0.5, 0.6) is 0 Å². The number of carbonyl (C=O) groups is 2. The number of benzene rings is 1.